The summed E-state index contributed by atoms with van der Waals surface area (Å²) in [6.45, 7) is 7.11. The molecule has 0 N–H and O–H groups in total. The molecule has 1 aliphatic rings. The van der Waals surface area contributed by atoms with Gasteiger partial charge in [0.2, 0.25) is 10.0 Å². The molecule has 0 saturated carbocycles. The second kappa shape index (κ2) is 12.4. The van der Waals surface area contributed by atoms with Crippen LogP contribution in [-0.2, 0) is 27.8 Å². The van der Waals surface area contributed by atoms with Crippen molar-refractivity contribution in [2.45, 2.75) is 57.1 Å². The van der Waals surface area contributed by atoms with Crippen LogP contribution in [0.3, 0.4) is 0 Å². The largest absolute Gasteiger partial charge is 0.497 e. The summed E-state index contributed by atoms with van der Waals surface area (Å²) in [7, 11) is -0.422. The monoisotopic (exact) mass is 487 g/mol. The Morgan fingerprint density at radius 2 is 1.56 bits per heavy atom. The lowest BCUT2D eigenvalue weighted by molar-refractivity contribution is 0.0989. The molecule has 6 nitrogen and oxygen atoms in total. The molecule has 3 rings (SSSR count). The molecule has 0 radical (unpaired) electrons. The molecule has 0 amide bonds. The second-order valence-electron chi connectivity index (χ2n) is 8.92. The normalized spacial score (nSPS) is 17.9. The van der Waals surface area contributed by atoms with Gasteiger partial charge in [-0.15, -0.1) is 6.58 Å². The molecule has 1 fully saturated rings. The van der Waals surface area contributed by atoms with E-state index in [1.54, 1.807) is 24.6 Å². The van der Waals surface area contributed by atoms with E-state index in [1.165, 1.54) is 0 Å². The maximum atomic E-state index is 14.2. The van der Waals surface area contributed by atoms with Gasteiger partial charge < -0.3 is 14.2 Å². The molecule has 1 unspecified atom stereocenters. The molecular formula is C27H37NO5S. The van der Waals surface area contributed by atoms with Crippen molar-refractivity contribution >= 4 is 10.0 Å². The van der Waals surface area contributed by atoms with Crippen LogP contribution in [-0.4, -0.2) is 44.9 Å². The molecule has 34 heavy (non-hydrogen) atoms. The zero-order valence-electron chi connectivity index (χ0n) is 20.5. The van der Waals surface area contributed by atoms with E-state index in [0.717, 1.165) is 35.5 Å². The van der Waals surface area contributed by atoms with Gasteiger partial charge in [0, 0.05) is 19.7 Å². The van der Waals surface area contributed by atoms with Crippen LogP contribution in [0.1, 0.15) is 43.7 Å². The molecule has 2 aromatic carbocycles. The highest BCUT2D eigenvalue weighted by Crippen LogP contribution is 2.31. The number of sulfonamides is 1. The highest BCUT2D eigenvalue weighted by Gasteiger charge is 2.38. The van der Waals surface area contributed by atoms with Gasteiger partial charge in [-0.25, -0.2) is 8.42 Å². The third-order valence-electron chi connectivity index (χ3n) is 6.47. The Balaban J connectivity index is 1.93. The number of ether oxygens (including phenoxy) is 3. The Kier molecular flexibility index (Phi) is 9.56. The minimum absolute atomic E-state index is 0.0177. The molecular weight excluding hydrogens is 450 g/mol. The van der Waals surface area contributed by atoms with Gasteiger partial charge in [-0.2, -0.15) is 4.31 Å². The third-order valence-corrected chi connectivity index (χ3v) is 8.87. The fraction of sp³-hybridized carbons (Fsp3) is 0.481. The summed E-state index contributed by atoms with van der Waals surface area (Å²) < 4.78 is 46.3. The summed E-state index contributed by atoms with van der Waals surface area (Å²) in [4.78, 5) is 0. The molecule has 186 valence electrons. The zero-order valence-corrected chi connectivity index (χ0v) is 21.3. The van der Waals surface area contributed by atoms with Crippen LogP contribution in [0.5, 0.6) is 11.5 Å². The van der Waals surface area contributed by atoms with Crippen LogP contribution in [0.2, 0.25) is 0 Å². The van der Waals surface area contributed by atoms with Crippen molar-refractivity contribution < 1.29 is 22.6 Å². The van der Waals surface area contributed by atoms with E-state index >= 15 is 0 Å². The maximum absolute atomic E-state index is 14.2. The molecule has 2 aromatic rings. The van der Waals surface area contributed by atoms with E-state index in [2.05, 4.69) is 6.58 Å². The van der Waals surface area contributed by atoms with Crippen molar-refractivity contribution in [1.29, 1.82) is 0 Å². The Morgan fingerprint density at radius 1 is 1.03 bits per heavy atom. The minimum Gasteiger partial charge on any atom is -0.497 e. The Bertz CT molecular complexity index is 949. The van der Waals surface area contributed by atoms with E-state index in [-0.39, 0.29) is 25.1 Å². The average molecular weight is 488 g/mol. The van der Waals surface area contributed by atoms with Crippen molar-refractivity contribution in [2.75, 3.05) is 20.8 Å². The lowest BCUT2D eigenvalue weighted by atomic mass is 9.98. The average Bonchev–Trinajstić information content (AvgIpc) is 3.36. The van der Waals surface area contributed by atoms with Gasteiger partial charge in [-0.3, -0.25) is 0 Å². The molecule has 7 heteroatoms. The van der Waals surface area contributed by atoms with Gasteiger partial charge in [0.25, 0.3) is 0 Å². The minimum atomic E-state index is -3.66. The van der Waals surface area contributed by atoms with Crippen LogP contribution in [0.15, 0.2) is 61.2 Å². The number of rotatable bonds is 13. The van der Waals surface area contributed by atoms with Crippen molar-refractivity contribution in [3.05, 3.63) is 72.3 Å². The van der Waals surface area contributed by atoms with Crippen LogP contribution >= 0.6 is 0 Å². The highest BCUT2D eigenvalue weighted by molar-refractivity contribution is 7.89. The van der Waals surface area contributed by atoms with E-state index in [4.69, 9.17) is 14.2 Å². The summed E-state index contributed by atoms with van der Waals surface area (Å²) in [5.41, 5.74) is 1.82. The highest BCUT2D eigenvalue weighted by atomic mass is 32.2. The van der Waals surface area contributed by atoms with Crippen LogP contribution in [0.4, 0.5) is 0 Å². The number of nitrogens with zero attached hydrogens (tertiary/aromatic N) is 1. The van der Waals surface area contributed by atoms with Crippen LogP contribution < -0.4 is 9.47 Å². The number of methoxy groups -OCH3 is 2. The smallest absolute Gasteiger partial charge is 0.217 e. The molecule has 1 aliphatic heterocycles. The maximum Gasteiger partial charge on any atom is 0.217 e. The first-order chi connectivity index (χ1) is 16.4. The van der Waals surface area contributed by atoms with Gasteiger partial charge in [0.15, 0.2) is 0 Å². The topological polar surface area (TPSA) is 65.1 Å². The van der Waals surface area contributed by atoms with Gasteiger partial charge in [0.1, 0.15) is 11.5 Å². The van der Waals surface area contributed by atoms with Crippen LogP contribution in [0.25, 0.3) is 0 Å². The summed E-state index contributed by atoms with van der Waals surface area (Å²) >= 11 is 0. The van der Waals surface area contributed by atoms with E-state index in [0.29, 0.717) is 19.4 Å². The van der Waals surface area contributed by atoms with Crippen molar-refractivity contribution in [1.82, 2.24) is 4.31 Å². The fourth-order valence-electron chi connectivity index (χ4n) is 4.45. The van der Waals surface area contributed by atoms with E-state index in [9.17, 15) is 8.42 Å². The van der Waals surface area contributed by atoms with Crippen molar-refractivity contribution in [3.63, 3.8) is 0 Å². The lowest BCUT2D eigenvalue weighted by Crippen LogP contribution is -2.42. The summed E-state index contributed by atoms with van der Waals surface area (Å²) in [5.74, 6) is 1.41. The molecule has 1 saturated heterocycles. The van der Waals surface area contributed by atoms with Crippen LogP contribution in [0, 0.1) is 5.92 Å². The zero-order chi connectivity index (χ0) is 24.6. The SMILES string of the molecule is C=CC[C@@H](C)[C@H](CC1CCCO1)S(=O)(=O)N(Cc1ccc(OC)cc1)Cc1ccc(OC)cc1. The Labute approximate surface area is 204 Å². The molecule has 1 heterocycles. The number of benzene rings is 2. The predicted molar refractivity (Wildman–Crippen MR) is 136 cm³/mol. The Morgan fingerprint density at radius 3 is 1.97 bits per heavy atom. The first kappa shape index (κ1) is 26.3. The summed E-state index contributed by atoms with van der Waals surface area (Å²) in [5, 5.41) is -0.551. The number of hydrogen-bond donors (Lipinski definition) is 0. The van der Waals surface area contributed by atoms with Gasteiger partial charge >= 0.3 is 0 Å². The van der Waals surface area contributed by atoms with Gasteiger partial charge in [-0.1, -0.05) is 37.3 Å². The summed E-state index contributed by atoms with van der Waals surface area (Å²) in [6.07, 6.45) is 4.81. The third kappa shape index (κ3) is 6.84. The van der Waals surface area contributed by atoms with Gasteiger partial charge in [0.05, 0.1) is 25.6 Å². The fourth-order valence-corrected chi connectivity index (χ4v) is 6.65. The molecule has 0 bridgehead atoms. The standard InChI is InChI=1S/C27H37NO5S/c1-5-7-21(2)27(18-26-8-6-17-33-26)34(29,30)28(19-22-9-13-24(31-3)14-10-22)20-23-11-15-25(32-4)16-12-23/h5,9-16,21,26-27H,1,6-8,17-20H2,2-4H3/t21-,26?,27+/m1/s1. The number of allylic oxidation sites excluding steroid dienone is 1. The number of hydrogen-bond acceptors (Lipinski definition) is 5. The molecule has 0 spiro atoms. The first-order valence-electron chi connectivity index (χ1n) is 11.8. The molecule has 3 atom stereocenters. The summed E-state index contributed by atoms with van der Waals surface area (Å²) in [6, 6.07) is 15.1. The molecule has 0 aliphatic carbocycles. The van der Waals surface area contributed by atoms with Gasteiger partial charge in [-0.05, 0) is 67.0 Å². The van der Waals surface area contributed by atoms with E-state index in [1.807, 2.05) is 55.5 Å². The lowest BCUT2D eigenvalue weighted by Gasteiger charge is -2.32. The van der Waals surface area contributed by atoms with E-state index < -0.39 is 15.3 Å². The van der Waals surface area contributed by atoms with Crippen molar-refractivity contribution in [3.8, 4) is 11.5 Å². The van der Waals surface area contributed by atoms with Crippen molar-refractivity contribution in [2.24, 2.45) is 5.92 Å². The molecule has 0 aromatic heterocycles. The quantitative estimate of drug-likeness (QED) is 0.364. The second-order valence-corrected chi connectivity index (χ2v) is 11.1. The Hall–Kier alpha value is -2.35. The first-order valence-corrected chi connectivity index (χ1v) is 13.3. The predicted octanol–water partition coefficient (Wildman–Crippen LogP) is 5.19.